The molecule has 0 aliphatic carbocycles. The molecule has 0 bridgehead atoms. The van der Waals surface area contributed by atoms with E-state index in [4.69, 9.17) is 0 Å². The molecule has 6 heteroatoms. The van der Waals surface area contributed by atoms with Crippen LogP contribution in [0.25, 0.3) is 0 Å². The first-order chi connectivity index (χ1) is 6.20. The molecule has 76 valence electrons. The van der Waals surface area contributed by atoms with Crippen molar-refractivity contribution >= 4 is 10.2 Å². The minimum absolute atomic E-state index is 0.165. The Balaban J connectivity index is 2.11. The number of nitrogens with one attached hydrogen (secondary N) is 2. The molecule has 2 saturated heterocycles. The van der Waals surface area contributed by atoms with E-state index in [1.807, 2.05) is 0 Å². The average Bonchev–Trinajstić information content (AvgIpc) is 2.55. The second-order valence-electron chi connectivity index (χ2n) is 3.51. The highest BCUT2D eigenvalue weighted by atomic mass is 32.2. The van der Waals surface area contributed by atoms with E-state index in [-0.39, 0.29) is 6.04 Å². The van der Waals surface area contributed by atoms with E-state index < -0.39 is 10.2 Å². The fourth-order valence-electron chi connectivity index (χ4n) is 1.90. The Bertz CT molecular complexity index is 271. The Morgan fingerprint density at radius 3 is 2.77 bits per heavy atom. The maximum absolute atomic E-state index is 11.6. The van der Waals surface area contributed by atoms with Crippen LogP contribution >= 0.6 is 0 Å². The number of nitrogens with zero attached hydrogens (tertiary/aromatic N) is 1. The van der Waals surface area contributed by atoms with Gasteiger partial charge >= 0.3 is 0 Å². The first kappa shape index (κ1) is 9.39. The van der Waals surface area contributed by atoms with Gasteiger partial charge in [0.05, 0.1) is 0 Å². The molecule has 0 aromatic rings. The van der Waals surface area contributed by atoms with Crippen LogP contribution in [-0.4, -0.2) is 44.9 Å². The molecule has 13 heavy (non-hydrogen) atoms. The van der Waals surface area contributed by atoms with Crippen molar-refractivity contribution in [1.29, 1.82) is 0 Å². The lowest BCUT2D eigenvalue weighted by atomic mass is 10.2. The maximum atomic E-state index is 11.6. The zero-order valence-electron chi connectivity index (χ0n) is 7.49. The second-order valence-corrected chi connectivity index (χ2v) is 5.22. The summed E-state index contributed by atoms with van der Waals surface area (Å²) in [5.74, 6) is 0. The van der Waals surface area contributed by atoms with Gasteiger partial charge in [-0.25, -0.2) is 4.72 Å². The molecule has 2 rings (SSSR count). The quantitative estimate of drug-likeness (QED) is 0.570. The first-order valence-corrected chi connectivity index (χ1v) is 6.11. The van der Waals surface area contributed by atoms with Crippen molar-refractivity contribution in [2.24, 2.45) is 0 Å². The van der Waals surface area contributed by atoms with Crippen LogP contribution in [0.5, 0.6) is 0 Å². The van der Waals surface area contributed by atoms with Gasteiger partial charge in [-0.05, 0) is 19.4 Å². The van der Waals surface area contributed by atoms with E-state index in [1.54, 1.807) is 4.31 Å². The molecular formula is C7H15N3O2S. The molecule has 2 N–H and O–H groups in total. The molecule has 0 aromatic carbocycles. The lowest BCUT2D eigenvalue weighted by Crippen LogP contribution is -2.52. The zero-order valence-corrected chi connectivity index (χ0v) is 8.31. The van der Waals surface area contributed by atoms with Gasteiger partial charge in [0.2, 0.25) is 0 Å². The van der Waals surface area contributed by atoms with Crippen molar-refractivity contribution < 1.29 is 8.42 Å². The summed E-state index contributed by atoms with van der Waals surface area (Å²) in [5.41, 5.74) is 0. The number of hydrogen-bond donors (Lipinski definition) is 2. The van der Waals surface area contributed by atoms with E-state index in [1.165, 1.54) is 0 Å². The van der Waals surface area contributed by atoms with Crippen LogP contribution < -0.4 is 10.0 Å². The molecule has 0 radical (unpaired) electrons. The van der Waals surface area contributed by atoms with Crippen molar-refractivity contribution in [2.45, 2.75) is 18.9 Å². The highest BCUT2D eigenvalue weighted by Gasteiger charge is 2.33. The molecule has 0 spiro atoms. The van der Waals surface area contributed by atoms with Gasteiger partial charge in [0.15, 0.2) is 0 Å². The summed E-state index contributed by atoms with van der Waals surface area (Å²) in [6.07, 6.45) is 1.84. The number of hydrogen-bond acceptors (Lipinski definition) is 3. The van der Waals surface area contributed by atoms with Crippen LogP contribution in [0, 0.1) is 0 Å². The minimum Gasteiger partial charge on any atom is -0.315 e. The van der Waals surface area contributed by atoms with Gasteiger partial charge in [0.1, 0.15) is 0 Å². The van der Waals surface area contributed by atoms with Crippen LogP contribution in [0.15, 0.2) is 0 Å². The van der Waals surface area contributed by atoms with Crippen molar-refractivity contribution in [3.8, 4) is 0 Å². The molecule has 2 aliphatic rings. The van der Waals surface area contributed by atoms with Gasteiger partial charge < -0.3 is 5.32 Å². The molecule has 0 aromatic heterocycles. The van der Waals surface area contributed by atoms with Crippen molar-refractivity contribution in [2.75, 3.05) is 26.2 Å². The van der Waals surface area contributed by atoms with Crippen LogP contribution in [0.1, 0.15) is 12.8 Å². The summed E-state index contributed by atoms with van der Waals surface area (Å²) in [6, 6.07) is 0.165. The third kappa shape index (κ3) is 1.85. The molecule has 2 heterocycles. The molecule has 2 fully saturated rings. The third-order valence-electron chi connectivity index (χ3n) is 2.59. The summed E-state index contributed by atoms with van der Waals surface area (Å²) in [6.45, 7) is 2.97. The minimum atomic E-state index is -3.16. The molecule has 5 nitrogen and oxygen atoms in total. The van der Waals surface area contributed by atoms with E-state index in [9.17, 15) is 8.42 Å². The SMILES string of the molecule is O=S1(=O)NCCCN1[C@H]1CCNC1. The summed E-state index contributed by atoms with van der Waals surface area (Å²) < 4.78 is 27.3. The van der Waals surface area contributed by atoms with E-state index >= 15 is 0 Å². The second kappa shape index (κ2) is 3.53. The topological polar surface area (TPSA) is 61.4 Å². The monoisotopic (exact) mass is 205 g/mol. The molecule has 0 amide bonds. The van der Waals surface area contributed by atoms with Gasteiger partial charge in [-0.2, -0.15) is 12.7 Å². The Hall–Kier alpha value is -0.170. The van der Waals surface area contributed by atoms with Gasteiger partial charge in [-0.15, -0.1) is 0 Å². The Morgan fingerprint density at radius 1 is 1.31 bits per heavy atom. The fourth-order valence-corrected chi connectivity index (χ4v) is 3.41. The first-order valence-electron chi connectivity index (χ1n) is 4.67. The van der Waals surface area contributed by atoms with Crippen LogP contribution in [-0.2, 0) is 10.2 Å². The summed E-state index contributed by atoms with van der Waals surface area (Å²) in [5, 5.41) is 3.17. The van der Waals surface area contributed by atoms with Crippen LogP contribution in [0.4, 0.5) is 0 Å². The van der Waals surface area contributed by atoms with Gasteiger partial charge in [-0.1, -0.05) is 0 Å². The average molecular weight is 205 g/mol. The predicted octanol–water partition coefficient (Wildman–Crippen LogP) is -1.11. The highest BCUT2D eigenvalue weighted by Crippen LogP contribution is 2.15. The normalized spacial score (nSPS) is 34.9. The van der Waals surface area contributed by atoms with E-state index in [0.717, 1.165) is 25.9 Å². The van der Waals surface area contributed by atoms with Gasteiger partial charge in [0.25, 0.3) is 10.2 Å². The van der Waals surface area contributed by atoms with Crippen molar-refractivity contribution in [3.63, 3.8) is 0 Å². The maximum Gasteiger partial charge on any atom is 0.279 e. The standard InChI is InChI=1S/C7H15N3O2S/c11-13(12)9-3-1-5-10(13)7-2-4-8-6-7/h7-9H,1-6H2/t7-/m0/s1. The third-order valence-corrected chi connectivity index (χ3v) is 4.26. The van der Waals surface area contributed by atoms with Crippen LogP contribution in [0.3, 0.4) is 0 Å². The highest BCUT2D eigenvalue weighted by molar-refractivity contribution is 7.87. The lowest BCUT2D eigenvalue weighted by molar-refractivity contribution is 0.310. The fraction of sp³-hybridized carbons (Fsp3) is 1.00. The van der Waals surface area contributed by atoms with Crippen molar-refractivity contribution in [1.82, 2.24) is 14.3 Å². The molecule has 0 unspecified atom stereocenters. The van der Waals surface area contributed by atoms with Crippen molar-refractivity contribution in [3.05, 3.63) is 0 Å². The van der Waals surface area contributed by atoms with Gasteiger partial charge in [-0.3, -0.25) is 0 Å². The van der Waals surface area contributed by atoms with Gasteiger partial charge in [0, 0.05) is 25.7 Å². The Morgan fingerprint density at radius 2 is 2.15 bits per heavy atom. The van der Waals surface area contributed by atoms with E-state index in [0.29, 0.717) is 13.1 Å². The van der Waals surface area contributed by atoms with Crippen LogP contribution in [0.2, 0.25) is 0 Å². The zero-order chi connectivity index (χ0) is 9.31. The lowest BCUT2D eigenvalue weighted by Gasteiger charge is -2.31. The number of rotatable bonds is 1. The molecule has 0 saturated carbocycles. The molecule has 1 atom stereocenters. The Kier molecular flexibility index (Phi) is 2.55. The summed E-state index contributed by atoms with van der Waals surface area (Å²) >= 11 is 0. The Labute approximate surface area is 78.7 Å². The molecular weight excluding hydrogens is 190 g/mol. The largest absolute Gasteiger partial charge is 0.315 e. The predicted molar refractivity (Wildman–Crippen MR) is 49.5 cm³/mol. The summed E-state index contributed by atoms with van der Waals surface area (Å²) in [7, 11) is -3.16. The summed E-state index contributed by atoms with van der Waals surface area (Å²) in [4.78, 5) is 0. The smallest absolute Gasteiger partial charge is 0.279 e. The van der Waals surface area contributed by atoms with E-state index in [2.05, 4.69) is 10.0 Å². The molecule has 2 aliphatic heterocycles.